The van der Waals surface area contributed by atoms with Gasteiger partial charge in [0.25, 0.3) is 0 Å². The van der Waals surface area contributed by atoms with Crippen LogP contribution in [0.1, 0.15) is 50.7 Å². The molecule has 13 N–H and O–H groups in total. The van der Waals surface area contributed by atoms with Crippen molar-refractivity contribution in [1.29, 1.82) is 0 Å². The fraction of sp³-hybridized carbons (Fsp3) is 0.486. The molecule has 0 aromatic heterocycles. The summed E-state index contributed by atoms with van der Waals surface area (Å²) in [4.78, 5) is 77.8. The zero-order valence-electron chi connectivity index (χ0n) is 28.9. The maximum absolute atomic E-state index is 13.6. The van der Waals surface area contributed by atoms with E-state index >= 15 is 0 Å². The van der Waals surface area contributed by atoms with Gasteiger partial charge in [0, 0.05) is 18.8 Å². The summed E-state index contributed by atoms with van der Waals surface area (Å²) in [5.41, 5.74) is 18.0. The molecule has 5 amide bonds. The zero-order valence-corrected chi connectivity index (χ0v) is 28.9. The Hall–Kier alpha value is -4.90. The average molecular weight is 714 g/mol. The number of amides is 5. The van der Waals surface area contributed by atoms with Crippen LogP contribution in [0, 0.1) is 5.92 Å². The highest BCUT2D eigenvalue weighted by Gasteiger charge is 2.35. The largest absolute Gasteiger partial charge is 0.508 e. The van der Waals surface area contributed by atoms with E-state index in [0.717, 1.165) is 0 Å². The quantitative estimate of drug-likeness (QED) is 0.0597. The van der Waals surface area contributed by atoms with Gasteiger partial charge in [-0.25, -0.2) is 0 Å². The van der Waals surface area contributed by atoms with Crippen molar-refractivity contribution in [1.82, 2.24) is 21.3 Å². The number of phenols is 1. The Morgan fingerprint density at radius 3 is 1.88 bits per heavy atom. The minimum absolute atomic E-state index is 0.0172. The van der Waals surface area contributed by atoms with Crippen molar-refractivity contribution in [3.05, 3.63) is 65.7 Å². The molecule has 0 bridgehead atoms. The molecule has 16 nitrogen and oxygen atoms in total. The second-order valence-electron chi connectivity index (χ2n) is 12.5. The van der Waals surface area contributed by atoms with Crippen molar-refractivity contribution in [2.75, 3.05) is 13.1 Å². The van der Waals surface area contributed by atoms with Crippen molar-refractivity contribution in [2.45, 2.75) is 88.7 Å². The predicted octanol–water partition coefficient (Wildman–Crippen LogP) is -1.97. The molecule has 0 fully saturated rings. The van der Waals surface area contributed by atoms with E-state index in [-0.39, 0.29) is 18.6 Å². The molecule has 0 aliphatic rings. The summed E-state index contributed by atoms with van der Waals surface area (Å²) in [5.74, 6) is -5.70. The first-order chi connectivity index (χ1) is 24.1. The SMILES string of the molecule is C[C@@H](O)C(NC(=O)[C@H](Cc1ccc(O)cc1)NC(=O)[C@@H](N)CCCCN)C(=O)N[C@H](C(=O)C[C@@H](Cc1ccccc1)C(=O)NCC(N)=O)[C@@H](C)O. The van der Waals surface area contributed by atoms with E-state index in [2.05, 4.69) is 21.3 Å². The molecule has 0 saturated heterocycles. The number of hydrogen-bond donors (Lipinski definition) is 10. The number of nitrogens with two attached hydrogens (primary N) is 3. The molecule has 1 unspecified atom stereocenters. The lowest BCUT2D eigenvalue weighted by Crippen LogP contribution is -2.61. The number of benzene rings is 2. The van der Waals surface area contributed by atoms with E-state index < -0.39 is 90.6 Å². The van der Waals surface area contributed by atoms with Crippen LogP contribution in [0.3, 0.4) is 0 Å². The number of rotatable bonds is 22. The number of carbonyl (C=O) groups is 6. The maximum atomic E-state index is 13.6. The van der Waals surface area contributed by atoms with E-state index in [1.54, 1.807) is 42.5 Å². The average Bonchev–Trinajstić information content (AvgIpc) is 3.08. The second kappa shape index (κ2) is 21.3. The monoisotopic (exact) mass is 713 g/mol. The summed E-state index contributed by atoms with van der Waals surface area (Å²) in [7, 11) is 0. The van der Waals surface area contributed by atoms with Crippen LogP contribution >= 0.6 is 0 Å². The van der Waals surface area contributed by atoms with Gasteiger partial charge in [0.1, 0.15) is 23.9 Å². The minimum Gasteiger partial charge on any atom is -0.508 e. The number of aliphatic hydroxyl groups is 2. The number of phenolic OH excluding ortho intramolecular Hbond substituents is 1. The van der Waals surface area contributed by atoms with Gasteiger partial charge in [-0.05, 0) is 62.9 Å². The van der Waals surface area contributed by atoms with Gasteiger partial charge in [-0.15, -0.1) is 0 Å². The Morgan fingerprint density at radius 1 is 0.725 bits per heavy atom. The van der Waals surface area contributed by atoms with Gasteiger partial charge in [-0.3, -0.25) is 28.8 Å². The Bertz CT molecular complexity index is 1460. The number of aromatic hydroxyl groups is 1. The van der Waals surface area contributed by atoms with Gasteiger partial charge in [0.05, 0.1) is 24.8 Å². The van der Waals surface area contributed by atoms with Gasteiger partial charge >= 0.3 is 0 Å². The molecule has 51 heavy (non-hydrogen) atoms. The van der Waals surface area contributed by atoms with Gasteiger partial charge in [0.2, 0.25) is 29.5 Å². The Morgan fingerprint density at radius 2 is 1.31 bits per heavy atom. The van der Waals surface area contributed by atoms with E-state index in [1.807, 2.05) is 0 Å². The third-order valence-corrected chi connectivity index (χ3v) is 8.09. The molecule has 7 atom stereocenters. The molecule has 2 aromatic rings. The summed E-state index contributed by atoms with van der Waals surface area (Å²) in [6.45, 7) is 2.44. The molecule has 0 saturated carbocycles. The third kappa shape index (κ3) is 14.9. The normalized spacial score (nSPS) is 15.2. The summed E-state index contributed by atoms with van der Waals surface area (Å²) in [6.07, 6.45) is -1.86. The molecule has 0 spiro atoms. The number of hydrogen-bond acceptors (Lipinski definition) is 11. The molecular weight excluding hydrogens is 662 g/mol. The van der Waals surface area contributed by atoms with Crippen LogP contribution in [0.2, 0.25) is 0 Å². The van der Waals surface area contributed by atoms with Crippen LogP contribution in [-0.4, -0.2) is 100 Å². The summed E-state index contributed by atoms with van der Waals surface area (Å²) in [5, 5.41) is 40.5. The molecular formula is C35H51N7O9. The molecule has 2 aromatic carbocycles. The first kappa shape index (κ1) is 42.3. The third-order valence-electron chi connectivity index (χ3n) is 8.09. The minimum atomic E-state index is -1.65. The molecule has 2 rings (SSSR count). The molecule has 0 aliphatic carbocycles. The van der Waals surface area contributed by atoms with Crippen molar-refractivity contribution < 1.29 is 44.1 Å². The standard InChI is InChI=1S/C35H51N7O9/c1-20(43)30(28(46)18-24(32(48)39-19-29(38)47)16-22-8-4-3-5-9-22)41-35(51)31(21(2)44)42-34(50)27(17-23-11-13-25(45)14-12-23)40-33(49)26(37)10-6-7-15-36/h3-5,8-9,11-14,20-21,24,26-27,30-31,43-45H,6-7,10,15-19,36-37H2,1-2H3,(H2,38,47)(H,39,48)(H,40,49)(H,41,51)(H,42,50)/t20-,21-,24-,26+,27+,30+,31?/m1/s1. The van der Waals surface area contributed by atoms with Crippen LogP contribution in [0.5, 0.6) is 5.75 Å². The number of unbranched alkanes of at least 4 members (excludes halogenated alkanes) is 1. The van der Waals surface area contributed by atoms with Crippen molar-refractivity contribution in [3.8, 4) is 5.75 Å². The molecule has 0 radical (unpaired) electrons. The van der Waals surface area contributed by atoms with Gasteiger partial charge < -0.3 is 53.8 Å². The molecule has 0 aliphatic heterocycles. The van der Waals surface area contributed by atoms with Crippen LogP contribution in [0.4, 0.5) is 0 Å². The lowest BCUT2D eigenvalue weighted by atomic mass is 9.90. The maximum Gasteiger partial charge on any atom is 0.245 e. The number of aliphatic hydroxyl groups excluding tert-OH is 2. The first-order valence-corrected chi connectivity index (χ1v) is 16.8. The van der Waals surface area contributed by atoms with E-state index in [9.17, 15) is 44.1 Å². The summed E-state index contributed by atoms with van der Waals surface area (Å²) in [6, 6.07) is 9.20. The van der Waals surface area contributed by atoms with Crippen molar-refractivity contribution in [3.63, 3.8) is 0 Å². The van der Waals surface area contributed by atoms with E-state index in [0.29, 0.717) is 36.9 Å². The Balaban J connectivity index is 2.25. The predicted molar refractivity (Wildman–Crippen MR) is 187 cm³/mol. The lowest BCUT2D eigenvalue weighted by molar-refractivity contribution is -0.137. The van der Waals surface area contributed by atoms with Crippen LogP contribution < -0.4 is 38.5 Å². The summed E-state index contributed by atoms with van der Waals surface area (Å²) < 4.78 is 0. The van der Waals surface area contributed by atoms with Gasteiger partial charge in [-0.1, -0.05) is 48.9 Å². The van der Waals surface area contributed by atoms with Crippen LogP contribution in [-0.2, 0) is 41.6 Å². The number of primary amides is 1. The number of carbonyl (C=O) groups excluding carboxylic acids is 6. The highest BCUT2D eigenvalue weighted by Crippen LogP contribution is 2.16. The second-order valence-corrected chi connectivity index (χ2v) is 12.5. The lowest BCUT2D eigenvalue weighted by Gasteiger charge is -2.28. The fourth-order valence-electron chi connectivity index (χ4n) is 5.21. The van der Waals surface area contributed by atoms with Crippen molar-refractivity contribution >= 4 is 35.3 Å². The highest BCUT2D eigenvalue weighted by atomic mass is 16.3. The van der Waals surface area contributed by atoms with Crippen LogP contribution in [0.15, 0.2) is 54.6 Å². The zero-order chi connectivity index (χ0) is 38.1. The fourth-order valence-corrected chi connectivity index (χ4v) is 5.21. The van der Waals surface area contributed by atoms with Crippen molar-refractivity contribution in [2.24, 2.45) is 23.1 Å². The topological polar surface area (TPSA) is 289 Å². The van der Waals surface area contributed by atoms with E-state index in [1.165, 1.54) is 26.0 Å². The van der Waals surface area contributed by atoms with Gasteiger partial charge in [-0.2, -0.15) is 0 Å². The number of nitrogens with one attached hydrogen (secondary N) is 4. The van der Waals surface area contributed by atoms with Crippen LogP contribution in [0.25, 0.3) is 0 Å². The smallest absolute Gasteiger partial charge is 0.245 e. The van der Waals surface area contributed by atoms with Gasteiger partial charge in [0.15, 0.2) is 5.78 Å². The van der Waals surface area contributed by atoms with E-state index in [4.69, 9.17) is 17.2 Å². The number of ketones is 1. The summed E-state index contributed by atoms with van der Waals surface area (Å²) >= 11 is 0. The molecule has 280 valence electrons. The molecule has 16 heteroatoms. The Kier molecular flexibility index (Phi) is 17.7. The highest BCUT2D eigenvalue weighted by molar-refractivity contribution is 5.97. The molecule has 0 heterocycles. The first-order valence-electron chi connectivity index (χ1n) is 16.8. The Labute approximate surface area is 296 Å². The number of Topliss-reactive ketones (excluding diaryl/α,β-unsaturated/α-hetero) is 1.